The fraction of sp³-hybridized carbons (Fsp3) is 0.636. The van der Waals surface area contributed by atoms with Crippen LogP contribution in [0.4, 0.5) is 0 Å². The molecule has 0 fully saturated rings. The Balaban J connectivity index is 2.40. The van der Waals surface area contributed by atoms with Gasteiger partial charge in [-0.3, -0.25) is 5.32 Å². The van der Waals surface area contributed by atoms with Crippen molar-refractivity contribution in [3.63, 3.8) is 0 Å². The number of nitrogens with one attached hydrogen (secondary N) is 2. The van der Waals surface area contributed by atoms with Gasteiger partial charge in [0.25, 0.3) is 0 Å². The van der Waals surface area contributed by atoms with Crippen LogP contribution in [0.15, 0.2) is 6.33 Å². The molecule has 1 aromatic heterocycles. The first-order chi connectivity index (χ1) is 7.74. The average Bonchev–Trinajstić information content (AvgIpc) is 2.77. The van der Waals surface area contributed by atoms with Crippen molar-refractivity contribution in [1.82, 2.24) is 15.3 Å². The molecule has 5 heteroatoms. The second kappa shape index (κ2) is 4.25. The van der Waals surface area contributed by atoms with Crippen LogP contribution in [0.1, 0.15) is 31.7 Å². The third kappa shape index (κ3) is 1.51. The predicted molar refractivity (Wildman–Crippen MR) is 58.9 cm³/mol. The van der Waals surface area contributed by atoms with Gasteiger partial charge in [-0.2, -0.15) is 0 Å². The highest BCUT2D eigenvalue weighted by atomic mass is 16.5. The number of rotatable bonds is 3. The fourth-order valence-electron chi connectivity index (χ4n) is 2.22. The van der Waals surface area contributed by atoms with E-state index >= 15 is 0 Å². The molecule has 0 saturated heterocycles. The quantitative estimate of drug-likeness (QED) is 0.741. The summed E-state index contributed by atoms with van der Waals surface area (Å²) in [5.74, 6) is -0.231. The highest BCUT2D eigenvalue weighted by Crippen LogP contribution is 2.30. The van der Waals surface area contributed by atoms with Crippen molar-refractivity contribution >= 4 is 5.97 Å². The zero-order valence-corrected chi connectivity index (χ0v) is 9.67. The smallest absolute Gasteiger partial charge is 0.332 e. The number of carbonyl (C=O) groups is 1. The second-order valence-corrected chi connectivity index (χ2v) is 3.89. The number of hydrogen-bond donors (Lipinski definition) is 2. The molecule has 2 heterocycles. The molecule has 1 unspecified atom stereocenters. The van der Waals surface area contributed by atoms with Gasteiger partial charge in [-0.05, 0) is 13.3 Å². The van der Waals surface area contributed by atoms with Gasteiger partial charge in [0, 0.05) is 18.7 Å². The van der Waals surface area contributed by atoms with E-state index in [1.807, 2.05) is 13.8 Å². The SMILES string of the molecule is CCOC(=O)C1(CC)NCCc2[nH]cnc21. The number of fused-ring (bicyclic) bond motifs is 1. The van der Waals surface area contributed by atoms with Crippen molar-refractivity contribution in [2.24, 2.45) is 0 Å². The predicted octanol–water partition coefficient (Wildman–Crippen LogP) is 0.724. The van der Waals surface area contributed by atoms with Crippen LogP contribution < -0.4 is 5.32 Å². The normalized spacial score (nSPS) is 23.9. The molecule has 0 radical (unpaired) electrons. The van der Waals surface area contributed by atoms with Gasteiger partial charge in [0.2, 0.25) is 0 Å². The van der Waals surface area contributed by atoms with Crippen LogP contribution in [0.5, 0.6) is 0 Å². The number of nitrogens with zero attached hydrogens (tertiary/aromatic N) is 1. The number of aromatic nitrogens is 2. The lowest BCUT2D eigenvalue weighted by molar-refractivity contribution is -0.152. The number of hydrogen-bond acceptors (Lipinski definition) is 4. The Morgan fingerprint density at radius 2 is 2.44 bits per heavy atom. The van der Waals surface area contributed by atoms with Crippen LogP contribution in [-0.2, 0) is 21.5 Å². The third-order valence-electron chi connectivity index (χ3n) is 3.08. The van der Waals surface area contributed by atoms with Crippen LogP contribution in [0.2, 0.25) is 0 Å². The van der Waals surface area contributed by atoms with E-state index in [2.05, 4.69) is 15.3 Å². The molecule has 0 aliphatic carbocycles. The molecular weight excluding hydrogens is 206 g/mol. The molecule has 88 valence electrons. The van der Waals surface area contributed by atoms with E-state index in [1.54, 1.807) is 6.33 Å². The van der Waals surface area contributed by atoms with Crippen molar-refractivity contribution in [2.45, 2.75) is 32.2 Å². The molecular formula is C11H17N3O2. The van der Waals surface area contributed by atoms with E-state index in [1.165, 1.54) is 0 Å². The number of esters is 1. The van der Waals surface area contributed by atoms with Crippen LogP contribution in [0, 0.1) is 0 Å². The van der Waals surface area contributed by atoms with Crippen molar-refractivity contribution < 1.29 is 9.53 Å². The summed E-state index contributed by atoms with van der Waals surface area (Å²) in [4.78, 5) is 19.4. The Kier molecular flexibility index (Phi) is 2.96. The molecule has 5 nitrogen and oxygen atoms in total. The first-order valence-corrected chi connectivity index (χ1v) is 5.69. The number of imidazole rings is 1. The van der Waals surface area contributed by atoms with Crippen LogP contribution in [0.25, 0.3) is 0 Å². The summed E-state index contributed by atoms with van der Waals surface area (Å²) in [5, 5.41) is 3.25. The molecule has 1 atom stereocenters. The Morgan fingerprint density at radius 3 is 3.12 bits per heavy atom. The van der Waals surface area contributed by atoms with Crippen LogP contribution in [-0.4, -0.2) is 29.1 Å². The molecule has 0 saturated carbocycles. The standard InChI is InChI=1S/C11H17N3O2/c1-3-11(10(15)16-4-2)9-8(5-6-14-11)12-7-13-9/h7,14H,3-6H2,1-2H3,(H,12,13). The minimum absolute atomic E-state index is 0.231. The molecule has 1 aliphatic rings. The monoisotopic (exact) mass is 223 g/mol. The van der Waals surface area contributed by atoms with Gasteiger partial charge in [-0.1, -0.05) is 6.92 Å². The summed E-state index contributed by atoms with van der Waals surface area (Å²) < 4.78 is 5.15. The van der Waals surface area contributed by atoms with E-state index in [4.69, 9.17) is 4.74 Å². The van der Waals surface area contributed by atoms with E-state index in [-0.39, 0.29) is 5.97 Å². The number of aromatic amines is 1. The Bertz CT molecular complexity index is 388. The minimum atomic E-state index is -0.760. The van der Waals surface area contributed by atoms with Gasteiger partial charge in [-0.15, -0.1) is 0 Å². The summed E-state index contributed by atoms with van der Waals surface area (Å²) in [6.07, 6.45) is 3.15. The topological polar surface area (TPSA) is 67.0 Å². The maximum atomic E-state index is 12.1. The van der Waals surface area contributed by atoms with Gasteiger partial charge in [0.1, 0.15) is 0 Å². The Labute approximate surface area is 94.6 Å². The first-order valence-electron chi connectivity index (χ1n) is 5.69. The molecule has 0 amide bonds. The minimum Gasteiger partial charge on any atom is -0.464 e. The summed E-state index contributed by atoms with van der Waals surface area (Å²) in [6, 6.07) is 0. The molecule has 2 rings (SSSR count). The summed E-state index contributed by atoms with van der Waals surface area (Å²) in [6.45, 7) is 4.94. The highest BCUT2D eigenvalue weighted by Gasteiger charge is 2.45. The van der Waals surface area contributed by atoms with Crippen molar-refractivity contribution in [3.05, 3.63) is 17.7 Å². The molecule has 0 bridgehead atoms. The zero-order chi connectivity index (χ0) is 11.6. The van der Waals surface area contributed by atoms with E-state index in [9.17, 15) is 4.79 Å². The number of ether oxygens (including phenoxy) is 1. The molecule has 1 aromatic rings. The fourth-order valence-corrected chi connectivity index (χ4v) is 2.22. The largest absolute Gasteiger partial charge is 0.464 e. The van der Waals surface area contributed by atoms with Crippen LogP contribution in [0.3, 0.4) is 0 Å². The lowest BCUT2D eigenvalue weighted by Crippen LogP contribution is -2.53. The van der Waals surface area contributed by atoms with Gasteiger partial charge in [0.05, 0.1) is 18.6 Å². The maximum Gasteiger partial charge on any atom is 0.332 e. The van der Waals surface area contributed by atoms with Gasteiger partial charge >= 0.3 is 5.97 Å². The van der Waals surface area contributed by atoms with Crippen molar-refractivity contribution in [3.8, 4) is 0 Å². The molecule has 0 spiro atoms. The maximum absolute atomic E-state index is 12.1. The summed E-state index contributed by atoms with van der Waals surface area (Å²) in [7, 11) is 0. The van der Waals surface area contributed by atoms with Crippen molar-refractivity contribution in [2.75, 3.05) is 13.2 Å². The number of carbonyl (C=O) groups excluding carboxylic acids is 1. The van der Waals surface area contributed by atoms with E-state index < -0.39 is 5.54 Å². The molecule has 1 aliphatic heterocycles. The third-order valence-corrected chi connectivity index (χ3v) is 3.08. The molecule has 16 heavy (non-hydrogen) atoms. The van der Waals surface area contributed by atoms with Crippen molar-refractivity contribution in [1.29, 1.82) is 0 Å². The Morgan fingerprint density at radius 1 is 1.62 bits per heavy atom. The molecule has 0 aromatic carbocycles. The zero-order valence-electron chi connectivity index (χ0n) is 9.67. The van der Waals surface area contributed by atoms with Gasteiger partial charge < -0.3 is 9.72 Å². The second-order valence-electron chi connectivity index (χ2n) is 3.89. The summed E-state index contributed by atoms with van der Waals surface area (Å²) in [5.41, 5.74) is 1.07. The summed E-state index contributed by atoms with van der Waals surface area (Å²) >= 11 is 0. The van der Waals surface area contributed by atoms with E-state index in [0.717, 1.165) is 24.4 Å². The average molecular weight is 223 g/mol. The van der Waals surface area contributed by atoms with Gasteiger partial charge in [-0.25, -0.2) is 9.78 Å². The number of H-pyrrole nitrogens is 1. The molecule has 2 N–H and O–H groups in total. The van der Waals surface area contributed by atoms with Gasteiger partial charge in [0.15, 0.2) is 5.54 Å². The highest BCUT2D eigenvalue weighted by molar-refractivity contribution is 5.82. The lowest BCUT2D eigenvalue weighted by Gasteiger charge is -2.34. The van der Waals surface area contributed by atoms with E-state index in [0.29, 0.717) is 13.0 Å². The van der Waals surface area contributed by atoms with Crippen LogP contribution >= 0.6 is 0 Å². The first kappa shape index (κ1) is 11.1. The Hall–Kier alpha value is -1.36. The lowest BCUT2D eigenvalue weighted by atomic mass is 9.87.